The maximum absolute atomic E-state index is 10.3. The summed E-state index contributed by atoms with van der Waals surface area (Å²) in [7, 11) is 0. The average molecular weight is 226 g/mol. The highest BCUT2D eigenvalue weighted by atomic mass is 16.3. The molecule has 0 aliphatic heterocycles. The molecule has 0 amide bonds. The molecule has 0 saturated heterocycles. The Labute approximate surface area is 99.8 Å². The minimum absolute atomic E-state index is 0.482. The number of allylic oxidation sites excluding steroid dienone is 1. The Morgan fingerprint density at radius 1 is 1.12 bits per heavy atom. The van der Waals surface area contributed by atoms with Gasteiger partial charge in [0.2, 0.25) is 0 Å². The smallest absolute Gasteiger partial charge is 0.100 e. The molecule has 0 saturated carbocycles. The molecular weight excluding hydrogens is 212 g/mol. The second kappa shape index (κ2) is 4.26. The van der Waals surface area contributed by atoms with Crippen LogP contribution in [0.4, 0.5) is 0 Å². The summed E-state index contributed by atoms with van der Waals surface area (Å²) in [5.74, 6) is 0. The molecule has 0 fully saturated rings. The quantitative estimate of drug-likeness (QED) is 0.801. The van der Waals surface area contributed by atoms with Crippen molar-refractivity contribution in [2.45, 2.75) is 25.4 Å². The van der Waals surface area contributed by atoms with E-state index in [1.165, 1.54) is 0 Å². The van der Waals surface area contributed by atoms with Crippen LogP contribution in [0.15, 0.2) is 42.2 Å². The van der Waals surface area contributed by atoms with Gasteiger partial charge < -0.3 is 5.11 Å². The Bertz CT molecular complexity index is 577. The van der Waals surface area contributed by atoms with Crippen LogP contribution in [0.3, 0.4) is 0 Å². The van der Waals surface area contributed by atoms with Crippen molar-refractivity contribution in [1.29, 1.82) is 0 Å². The SMILES string of the molecule is OC(C1=CCCC1)c1ccc2nccnc2c1. The molecule has 1 aromatic carbocycles. The number of nitrogens with zero attached hydrogens (tertiary/aromatic N) is 2. The van der Waals surface area contributed by atoms with Gasteiger partial charge in [-0.2, -0.15) is 0 Å². The molecule has 2 aromatic rings. The lowest BCUT2D eigenvalue weighted by Gasteiger charge is -2.12. The topological polar surface area (TPSA) is 46.0 Å². The molecule has 17 heavy (non-hydrogen) atoms. The van der Waals surface area contributed by atoms with Crippen molar-refractivity contribution in [1.82, 2.24) is 9.97 Å². The van der Waals surface area contributed by atoms with Crippen molar-refractivity contribution in [2.75, 3.05) is 0 Å². The van der Waals surface area contributed by atoms with Crippen molar-refractivity contribution in [3.63, 3.8) is 0 Å². The lowest BCUT2D eigenvalue weighted by Crippen LogP contribution is -2.00. The second-order valence-electron chi connectivity index (χ2n) is 4.38. The van der Waals surface area contributed by atoms with Gasteiger partial charge in [0.1, 0.15) is 6.10 Å². The molecule has 1 aliphatic carbocycles. The molecule has 0 spiro atoms. The van der Waals surface area contributed by atoms with Crippen molar-refractivity contribution in [3.8, 4) is 0 Å². The van der Waals surface area contributed by atoms with E-state index in [2.05, 4.69) is 16.0 Å². The van der Waals surface area contributed by atoms with Crippen LogP contribution in [-0.2, 0) is 0 Å². The van der Waals surface area contributed by atoms with E-state index in [0.717, 1.165) is 41.4 Å². The van der Waals surface area contributed by atoms with Gasteiger partial charge in [-0.3, -0.25) is 9.97 Å². The highest BCUT2D eigenvalue weighted by molar-refractivity contribution is 5.74. The van der Waals surface area contributed by atoms with E-state index < -0.39 is 6.10 Å². The Morgan fingerprint density at radius 3 is 2.71 bits per heavy atom. The van der Waals surface area contributed by atoms with Crippen LogP contribution in [0.2, 0.25) is 0 Å². The van der Waals surface area contributed by atoms with E-state index in [-0.39, 0.29) is 0 Å². The van der Waals surface area contributed by atoms with E-state index in [1.54, 1.807) is 12.4 Å². The van der Waals surface area contributed by atoms with Gasteiger partial charge in [0.05, 0.1) is 11.0 Å². The molecule has 0 radical (unpaired) electrons. The minimum Gasteiger partial charge on any atom is -0.384 e. The number of aliphatic hydroxyl groups is 1. The molecule has 1 aliphatic rings. The fourth-order valence-corrected chi connectivity index (χ4v) is 2.31. The Morgan fingerprint density at radius 2 is 1.94 bits per heavy atom. The molecule has 3 rings (SSSR count). The van der Waals surface area contributed by atoms with Crippen molar-refractivity contribution in [3.05, 3.63) is 47.8 Å². The van der Waals surface area contributed by atoms with E-state index in [9.17, 15) is 5.11 Å². The molecule has 1 unspecified atom stereocenters. The summed E-state index contributed by atoms with van der Waals surface area (Å²) < 4.78 is 0. The van der Waals surface area contributed by atoms with Gasteiger partial charge in [-0.25, -0.2) is 0 Å². The Hall–Kier alpha value is -1.74. The Balaban J connectivity index is 2.00. The minimum atomic E-state index is -0.482. The van der Waals surface area contributed by atoms with Crippen LogP contribution in [0.1, 0.15) is 30.9 Å². The summed E-state index contributed by atoms with van der Waals surface area (Å²) in [5.41, 5.74) is 3.74. The van der Waals surface area contributed by atoms with Crippen LogP contribution >= 0.6 is 0 Å². The van der Waals surface area contributed by atoms with Crippen molar-refractivity contribution in [2.24, 2.45) is 0 Å². The van der Waals surface area contributed by atoms with Crippen LogP contribution in [-0.4, -0.2) is 15.1 Å². The zero-order chi connectivity index (χ0) is 11.7. The average Bonchev–Trinajstić information content (AvgIpc) is 2.91. The first-order valence-corrected chi connectivity index (χ1v) is 5.92. The molecular formula is C14H14N2O. The van der Waals surface area contributed by atoms with Crippen LogP contribution in [0.25, 0.3) is 11.0 Å². The maximum atomic E-state index is 10.3. The van der Waals surface area contributed by atoms with Crippen LogP contribution < -0.4 is 0 Å². The molecule has 1 heterocycles. The summed E-state index contributed by atoms with van der Waals surface area (Å²) in [4.78, 5) is 8.48. The van der Waals surface area contributed by atoms with E-state index >= 15 is 0 Å². The number of rotatable bonds is 2. The maximum Gasteiger partial charge on any atom is 0.100 e. The number of aromatic nitrogens is 2. The van der Waals surface area contributed by atoms with Crippen molar-refractivity contribution >= 4 is 11.0 Å². The summed E-state index contributed by atoms with van der Waals surface area (Å²) in [5, 5.41) is 10.3. The number of fused-ring (bicyclic) bond motifs is 1. The third kappa shape index (κ3) is 1.94. The summed E-state index contributed by atoms with van der Waals surface area (Å²) in [6, 6.07) is 5.77. The molecule has 0 bridgehead atoms. The first-order chi connectivity index (χ1) is 8.34. The zero-order valence-electron chi connectivity index (χ0n) is 9.50. The Kier molecular flexibility index (Phi) is 2.61. The molecule has 86 valence electrons. The van der Waals surface area contributed by atoms with Crippen LogP contribution in [0.5, 0.6) is 0 Å². The standard InChI is InChI=1S/C14H14N2O/c17-14(10-3-1-2-4-10)11-5-6-12-13(9-11)16-8-7-15-12/h3,5-9,14,17H,1-2,4H2. The number of hydrogen-bond acceptors (Lipinski definition) is 3. The van der Waals surface area contributed by atoms with Gasteiger partial charge in [-0.05, 0) is 42.5 Å². The van der Waals surface area contributed by atoms with E-state index in [0.29, 0.717) is 0 Å². The van der Waals surface area contributed by atoms with E-state index in [4.69, 9.17) is 0 Å². The molecule has 1 atom stereocenters. The molecule has 1 N–H and O–H groups in total. The number of benzene rings is 1. The van der Waals surface area contributed by atoms with Gasteiger partial charge in [0.15, 0.2) is 0 Å². The number of hydrogen-bond donors (Lipinski definition) is 1. The molecule has 3 nitrogen and oxygen atoms in total. The lowest BCUT2D eigenvalue weighted by atomic mass is 10.0. The second-order valence-corrected chi connectivity index (χ2v) is 4.38. The number of aliphatic hydroxyl groups excluding tert-OH is 1. The highest BCUT2D eigenvalue weighted by Crippen LogP contribution is 2.31. The molecule has 1 aromatic heterocycles. The normalized spacial score (nSPS) is 17.1. The van der Waals surface area contributed by atoms with Gasteiger partial charge in [-0.15, -0.1) is 0 Å². The largest absolute Gasteiger partial charge is 0.384 e. The van der Waals surface area contributed by atoms with Gasteiger partial charge in [0.25, 0.3) is 0 Å². The fraction of sp³-hybridized carbons (Fsp3) is 0.286. The summed E-state index contributed by atoms with van der Waals surface area (Å²) in [6.45, 7) is 0. The van der Waals surface area contributed by atoms with Gasteiger partial charge in [-0.1, -0.05) is 12.1 Å². The van der Waals surface area contributed by atoms with E-state index in [1.807, 2.05) is 18.2 Å². The third-order valence-corrected chi connectivity index (χ3v) is 3.24. The predicted octanol–water partition coefficient (Wildman–Crippen LogP) is 2.77. The lowest BCUT2D eigenvalue weighted by molar-refractivity contribution is 0.213. The highest BCUT2D eigenvalue weighted by Gasteiger charge is 2.16. The first-order valence-electron chi connectivity index (χ1n) is 5.92. The third-order valence-electron chi connectivity index (χ3n) is 3.24. The summed E-state index contributed by atoms with van der Waals surface area (Å²) >= 11 is 0. The first kappa shape index (κ1) is 10.4. The van der Waals surface area contributed by atoms with Gasteiger partial charge in [0, 0.05) is 12.4 Å². The fourth-order valence-electron chi connectivity index (χ4n) is 2.31. The van der Waals surface area contributed by atoms with Gasteiger partial charge >= 0.3 is 0 Å². The van der Waals surface area contributed by atoms with Crippen molar-refractivity contribution < 1.29 is 5.11 Å². The molecule has 3 heteroatoms. The van der Waals surface area contributed by atoms with Crippen LogP contribution in [0, 0.1) is 0 Å². The zero-order valence-corrected chi connectivity index (χ0v) is 9.50. The monoisotopic (exact) mass is 226 g/mol. The predicted molar refractivity (Wildman–Crippen MR) is 66.4 cm³/mol. The summed E-state index contributed by atoms with van der Waals surface area (Å²) in [6.07, 6.45) is 8.25.